The monoisotopic (exact) mass is 235 g/mol. The number of rotatable bonds is 1. The molecule has 0 atom stereocenters. The minimum atomic E-state index is -0.647. The van der Waals surface area contributed by atoms with E-state index >= 15 is 0 Å². The summed E-state index contributed by atoms with van der Waals surface area (Å²) in [5.41, 5.74) is 0.0739. The van der Waals surface area contributed by atoms with E-state index in [-0.39, 0.29) is 0 Å². The Hall–Kier alpha value is -1.91. The highest BCUT2D eigenvalue weighted by Gasteiger charge is 2.17. The minimum absolute atomic E-state index is 0.379. The maximum absolute atomic E-state index is 11.6. The molecule has 5 heteroatoms. The van der Waals surface area contributed by atoms with Crippen molar-refractivity contribution >= 4 is 11.9 Å². The smallest absolute Gasteiger partial charge is 0.436 e. The van der Waals surface area contributed by atoms with Gasteiger partial charge in [0.1, 0.15) is 5.60 Å². The molecule has 0 unspecified atom stereocenters. The van der Waals surface area contributed by atoms with Crippen LogP contribution in [0.3, 0.4) is 0 Å². The predicted octanol–water partition coefficient (Wildman–Crippen LogP) is 2.64. The van der Waals surface area contributed by atoms with Gasteiger partial charge < -0.3 is 4.74 Å². The van der Waals surface area contributed by atoms with Crippen LogP contribution in [0.15, 0.2) is 35.6 Å². The van der Waals surface area contributed by atoms with Crippen LogP contribution >= 0.6 is 0 Å². The van der Waals surface area contributed by atoms with Crippen molar-refractivity contribution in [3.05, 3.63) is 30.6 Å². The number of aromatic nitrogens is 2. The van der Waals surface area contributed by atoms with E-state index in [0.717, 1.165) is 0 Å². The van der Waals surface area contributed by atoms with Crippen LogP contribution in [0.4, 0.5) is 4.79 Å². The molecule has 1 heterocycles. The standard InChI is InChI=1S/C12H17N3O2/c1-9(2)10(15-8-6-7-13-15)14-11(16)17-12(3,4)5/h6-8H,1H2,2-5H3/b14-10-. The van der Waals surface area contributed by atoms with Crippen molar-refractivity contribution in [2.45, 2.75) is 33.3 Å². The van der Waals surface area contributed by atoms with E-state index in [4.69, 9.17) is 4.74 Å². The van der Waals surface area contributed by atoms with Crippen LogP contribution in [0.2, 0.25) is 0 Å². The highest BCUT2D eigenvalue weighted by molar-refractivity contribution is 6.03. The molecule has 0 saturated carbocycles. The molecule has 0 spiro atoms. The number of ether oxygens (including phenoxy) is 1. The number of aliphatic imine (C=N–C) groups is 1. The Bertz CT molecular complexity index is 439. The summed E-state index contributed by atoms with van der Waals surface area (Å²) in [6.07, 6.45) is 2.65. The van der Waals surface area contributed by atoms with Crippen molar-refractivity contribution in [3.63, 3.8) is 0 Å². The van der Waals surface area contributed by atoms with E-state index in [1.807, 2.05) is 0 Å². The predicted molar refractivity (Wildman–Crippen MR) is 66.1 cm³/mol. The molecule has 0 bridgehead atoms. The van der Waals surface area contributed by atoms with Gasteiger partial charge >= 0.3 is 6.09 Å². The largest absolute Gasteiger partial charge is 0.442 e. The van der Waals surface area contributed by atoms with Crippen molar-refractivity contribution in [2.75, 3.05) is 0 Å². The molecule has 1 amide bonds. The molecule has 1 rings (SSSR count). The molecule has 0 aliphatic rings. The van der Waals surface area contributed by atoms with Crippen LogP contribution in [-0.4, -0.2) is 27.3 Å². The first kappa shape index (κ1) is 13.2. The molecule has 1 aromatic heterocycles. The van der Waals surface area contributed by atoms with Crippen LogP contribution in [0.5, 0.6) is 0 Å². The van der Waals surface area contributed by atoms with Gasteiger partial charge in [-0.2, -0.15) is 10.1 Å². The molecule has 0 aromatic carbocycles. The Morgan fingerprint density at radius 2 is 2.12 bits per heavy atom. The van der Waals surface area contributed by atoms with Crippen molar-refractivity contribution in [2.24, 2.45) is 4.99 Å². The van der Waals surface area contributed by atoms with E-state index in [1.54, 1.807) is 46.2 Å². The molecule has 0 aliphatic carbocycles. The second-order valence-electron chi connectivity index (χ2n) is 4.65. The highest BCUT2D eigenvalue weighted by Crippen LogP contribution is 2.09. The van der Waals surface area contributed by atoms with Crippen LogP contribution in [0.1, 0.15) is 27.7 Å². The lowest BCUT2D eigenvalue weighted by Crippen LogP contribution is -2.24. The Labute approximate surface area is 101 Å². The lowest BCUT2D eigenvalue weighted by Gasteiger charge is -2.17. The second-order valence-corrected chi connectivity index (χ2v) is 4.65. The molecular weight excluding hydrogens is 218 g/mol. The number of nitrogens with zero attached hydrogens (tertiary/aromatic N) is 3. The van der Waals surface area contributed by atoms with Gasteiger partial charge in [0, 0.05) is 12.4 Å². The zero-order valence-corrected chi connectivity index (χ0v) is 10.6. The van der Waals surface area contributed by atoms with Gasteiger partial charge in [0.15, 0.2) is 5.84 Å². The molecular formula is C12H17N3O2. The summed E-state index contributed by atoms with van der Waals surface area (Å²) < 4.78 is 6.59. The van der Waals surface area contributed by atoms with E-state index in [0.29, 0.717) is 11.4 Å². The first-order valence-corrected chi connectivity index (χ1v) is 5.27. The van der Waals surface area contributed by atoms with Crippen LogP contribution in [0.25, 0.3) is 0 Å². The Morgan fingerprint density at radius 1 is 1.47 bits per heavy atom. The van der Waals surface area contributed by atoms with Gasteiger partial charge in [0.2, 0.25) is 0 Å². The SMILES string of the molecule is C=C(C)/C(=N/C(=O)OC(C)(C)C)n1cccn1. The number of carbonyl (C=O) groups excluding carboxylic acids is 1. The Balaban J connectivity index is 2.93. The summed E-state index contributed by atoms with van der Waals surface area (Å²) in [7, 11) is 0. The van der Waals surface area contributed by atoms with Gasteiger partial charge in [0.05, 0.1) is 0 Å². The summed E-state index contributed by atoms with van der Waals surface area (Å²) in [6, 6.07) is 1.74. The van der Waals surface area contributed by atoms with E-state index < -0.39 is 11.7 Å². The van der Waals surface area contributed by atoms with E-state index in [9.17, 15) is 4.79 Å². The third-order valence-corrected chi connectivity index (χ3v) is 1.69. The summed E-state index contributed by atoms with van der Waals surface area (Å²) in [4.78, 5) is 15.4. The third-order valence-electron chi connectivity index (χ3n) is 1.69. The van der Waals surface area contributed by atoms with E-state index in [2.05, 4.69) is 16.7 Å². The molecule has 1 aromatic rings. The molecule has 0 aliphatic heterocycles. The zero-order valence-electron chi connectivity index (χ0n) is 10.6. The Morgan fingerprint density at radius 3 is 2.53 bits per heavy atom. The fourth-order valence-electron chi connectivity index (χ4n) is 1.11. The second kappa shape index (κ2) is 4.95. The summed E-state index contributed by atoms with van der Waals surface area (Å²) in [6.45, 7) is 10.9. The minimum Gasteiger partial charge on any atom is -0.442 e. The first-order chi connectivity index (χ1) is 7.79. The number of allylic oxidation sites excluding steroid dienone is 1. The molecule has 0 saturated heterocycles. The summed E-state index contributed by atoms with van der Waals surface area (Å²) in [5.74, 6) is 0.379. The molecule has 5 nitrogen and oxygen atoms in total. The molecule has 17 heavy (non-hydrogen) atoms. The van der Waals surface area contributed by atoms with E-state index in [1.165, 1.54) is 4.68 Å². The lowest BCUT2D eigenvalue weighted by atomic mass is 10.2. The average molecular weight is 235 g/mol. The molecule has 0 radical (unpaired) electrons. The average Bonchev–Trinajstić information content (AvgIpc) is 2.63. The van der Waals surface area contributed by atoms with Gasteiger partial charge in [-0.15, -0.1) is 0 Å². The molecule has 0 N–H and O–H groups in total. The number of hydrogen-bond acceptors (Lipinski definition) is 3. The van der Waals surface area contributed by atoms with Gasteiger partial charge in [-0.05, 0) is 39.3 Å². The van der Waals surface area contributed by atoms with Gasteiger partial charge in [-0.1, -0.05) is 6.58 Å². The Kier molecular flexibility index (Phi) is 3.83. The maximum atomic E-state index is 11.6. The van der Waals surface area contributed by atoms with Crippen molar-refractivity contribution < 1.29 is 9.53 Å². The lowest BCUT2D eigenvalue weighted by molar-refractivity contribution is 0.0603. The van der Waals surface area contributed by atoms with Crippen molar-refractivity contribution in [3.8, 4) is 0 Å². The summed E-state index contributed by atoms with van der Waals surface area (Å²) >= 11 is 0. The topological polar surface area (TPSA) is 56.5 Å². The number of amides is 1. The fourth-order valence-corrected chi connectivity index (χ4v) is 1.11. The summed E-state index contributed by atoms with van der Waals surface area (Å²) in [5, 5.41) is 4.00. The van der Waals surface area contributed by atoms with Gasteiger partial charge in [-0.25, -0.2) is 9.48 Å². The molecule has 92 valence electrons. The van der Waals surface area contributed by atoms with Crippen LogP contribution in [0, 0.1) is 0 Å². The zero-order chi connectivity index (χ0) is 13.1. The van der Waals surface area contributed by atoms with Gasteiger partial charge in [-0.3, -0.25) is 0 Å². The van der Waals surface area contributed by atoms with Crippen molar-refractivity contribution in [1.82, 2.24) is 9.78 Å². The number of hydrogen-bond donors (Lipinski definition) is 0. The third kappa shape index (κ3) is 4.22. The van der Waals surface area contributed by atoms with Crippen molar-refractivity contribution in [1.29, 1.82) is 0 Å². The first-order valence-electron chi connectivity index (χ1n) is 5.27. The normalized spacial score (nSPS) is 12.4. The van der Waals surface area contributed by atoms with Gasteiger partial charge in [0.25, 0.3) is 0 Å². The fraction of sp³-hybridized carbons (Fsp3) is 0.417. The molecule has 0 fully saturated rings. The maximum Gasteiger partial charge on any atom is 0.436 e. The quantitative estimate of drug-likeness (QED) is 0.555. The van der Waals surface area contributed by atoms with Crippen LogP contribution in [-0.2, 0) is 4.74 Å². The van der Waals surface area contributed by atoms with Crippen LogP contribution < -0.4 is 0 Å². The highest BCUT2D eigenvalue weighted by atomic mass is 16.6. The number of carbonyl (C=O) groups is 1.